The van der Waals surface area contributed by atoms with Crippen molar-refractivity contribution in [3.63, 3.8) is 0 Å². The normalized spacial score (nSPS) is 12.0. The highest BCUT2D eigenvalue weighted by Gasteiger charge is 2.13. The van der Waals surface area contributed by atoms with Gasteiger partial charge in [-0.3, -0.25) is 0 Å². The Bertz CT molecular complexity index is 234. The van der Waals surface area contributed by atoms with Gasteiger partial charge in [-0.15, -0.1) is 11.3 Å². The van der Waals surface area contributed by atoms with Crippen LogP contribution in [-0.2, 0) is 6.42 Å². The Morgan fingerprint density at radius 3 is 2.64 bits per heavy atom. The third-order valence-electron chi connectivity index (χ3n) is 1.28. The zero-order chi connectivity index (χ0) is 8.48. The standard InChI is InChI=1S/C8H14N2S/c1-6-5-10-7(11-6)4-8(2,3)9/h5H,4,9H2,1-3H3. The molecule has 0 aliphatic rings. The maximum absolute atomic E-state index is 5.84. The van der Waals surface area contributed by atoms with Crippen LogP contribution in [0.3, 0.4) is 0 Å². The van der Waals surface area contributed by atoms with Crippen LogP contribution >= 0.6 is 11.3 Å². The van der Waals surface area contributed by atoms with Crippen LogP contribution < -0.4 is 5.73 Å². The number of thiazole rings is 1. The predicted octanol–water partition coefficient (Wildman–Crippen LogP) is 1.73. The summed E-state index contributed by atoms with van der Waals surface area (Å²) in [6.07, 6.45) is 2.76. The number of aromatic nitrogens is 1. The van der Waals surface area contributed by atoms with Crippen molar-refractivity contribution in [1.29, 1.82) is 0 Å². The molecule has 1 heterocycles. The molecule has 0 saturated heterocycles. The van der Waals surface area contributed by atoms with Gasteiger partial charge in [0.25, 0.3) is 0 Å². The van der Waals surface area contributed by atoms with E-state index in [9.17, 15) is 0 Å². The lowest BCUT2D eigenvalue weighted by atomic mass is 10.0. The van der Waals surface area contributed by atoms with Gasteiger partial charge in [-0.25, -0.2) is 4.98 Å². The minimum atomic E-state index is -0.135. The third kappa shape index (κ3) is 2.99. The fourth-order valence-corrected chi connectivity index (χ4v) is 1.90. The molecule has 0 unspecified atom stereocenters. The van der Waals surface area contributed by atoms with Gasteiger partial charge >= 0.3 is 0 Å². The van der Waals surface area contributed by atoms with Gasteiger partial charge in [0.15, 0.2) is 0 Å². The molecule has 2 N–H and O–H groups in total. The summed E-state index contributed by atoms with van der Waals surface area (Å²) in [5.74, 6) is 0. The maximum atomic E-state index is 5.84. The van der Waals surface area contributed by atoms with Gasteiger partial charge in [0, 0.05) is 23.0 Å². The van der Waals surface area contributed by atoms with Crippen LogP contribution in [0, 0.1) is 6.92 Å². The second-order valence-electron chi connectivity index (χ2n) is 3.53. The molecule has 0 aliphatic carbocycles. The summed E-state index contributed by atoms with van der Waals surface area (Å²) in [5, 5.41) is 1.13. The van der Waals surface area contributed by atoms with Crippen LogP contribution in [0.1, 0.15) is 23.7 Å². The average Bonchev–Trinajstić information content (AvgIpc) is 2.10. The minimum absolute atomic E-state index is 0.135. The largest absolute Gasteiger partial charge is 0.325 e. The summed E-state index contributed by atoms with van der Waals surface area (Å²) < 4.78 is 0. The van der Waals surface area contributed by atoms with Crippen LogP contribution in [0.4, 0.5) is 0 Å². The second-order valence-corrected chi connectivity index (χ2v) is 4.85. The third-order valence-corrected chi connectivity index (χ3v) is 2.19. The van der Waals surface area contributed by atoms with Crippen LogP contribution in [0.25, 0.3) is 0 Å². The van der Waals surface area contributed by atoms with E-state index in [0.717, 1.165) is 11.4 Å². The molecule has 3 heteroatoms. The summed E-state index contributed by atoms with van der Waals surface area (Å²) >= 11 is 1.72. The monoisotopic (exact) mass is 170 g/mol. The van der Waals surface area contributed by atoms with E-state index in [1.165, 1.54) is 4.88 Å². The van der Waals surface area contributed by atoms with Crippen molar-refractivity contribution in [2.24, 2.45) is 5.73 Å². The highest BCUT2D eigenvalue weighted by molar-refractivity contribution is 7.11. The van der Waals surface area contributed by atoms with Gasteiger partial charge < -0.3 is 5.73 Å². The first kappa shape index (κ1) is 8.68. The Labute approximate surface area is 71.5 Å². The highest BCUT2D eigenvalue weighted by atomic mass is 32.1. The van der Waals surface area contributed by atoms with Crippen LogP contribution in [0.5, 0.6) is 0 Å². The van der Waals surface area contributed by atoms with E-state index in [0.29, 0.717) is 0 Å². The van der Waals surface area contributed by atoms with Crippen molar-refractivity contribution in [2.45, 2.75) is 32.7 Å². The summed E-state index contributed by atoms with van der Waals surface area (Å²) in [6, 6.07) is 0. The Morgan fingerprint density at radius 2 is 2.27 bits per heavy atom. The van der Waals surface area contributed by atoms with Crippen molar-refractivity contribution < 1.29 is 0 Å². The van der Waals surface area contributed by atoms with Gasteiger partial charge in [-0.2, -0.15) is 0 Å². The highest BCUT2D eigenvalue weighted by Crippen LogP contribution is 2.15. The zero-order valence-electron chi connectivity index (χ0n) is 7.22. The first-order valence-electron chi connectivity index (χ1n) is 3.67. The Balaban J connectivity index is 2.65. The van der Waals surface area contributed by atoms with Crippen molar-refractivity contribution in [3.8, 4) is 0 Å². The Kier molecular flexibility index (Phi) is 2.30. The number of hydrogen-bond donors (Lipinski definition) is 1. The SMILES string of the molecule is Cc1cnc(CC(C)(C)N)s1. The molecular formula is C8H14N2S. The molecule has 0 aromatic carbocycles. The van der Waals surface area contributed by atoms with Crippen molar-refractivity contribution in [1.82, 2.24) is 4.98 Å². The fourth-order valence-electron chi connectivity index (χ4n) is 0.873. The summed E-state index contributed by atoms with van der Waals surface area (Å²) in [7, 11) is 0. The molecule has 0 bridgehead atoms. The molecule has 0 spiro atoms. The lowest BCUT2D eigenvalue weighted by molar-refractivity contribution is 0.515. The average molecular weight is 170 g/mol. The van der Waals surface area contributed by atoms with E-state index in [1.807, 2.05) is 20.0 Å². The van der Waals surface area contributed by atoms with Gasteiger partial charge in [0.05, 0.1) is 5.01 Å². The summed E-state index contributed by atoms with van der Waals surface area (Å²) in [5.41, 5.74) is 5.71. The van der Waals surface area contributed by atoms with Gasteiger partial charge in [0.1, 0.15) is 0 Å². The van der Waals surface area contributed by atoms with E-state index < -0.39 is 0 Å². The second kappa shape index (κ2) is 2.91. The topological polar surface area (TPSA) is 38.9 Å². The van der Waals surface area contributed by atoms with E-state index in [2.05, 4.69) is 11.9 Å². The Morgan fingerprint density at radius 1 is 1.64 bits per heavy atom. The number of nitrogens with zero attached hydrogens (tertiary/aromatic N) is 1. The van der Waals surface area contributed by atoms with Gasteiger partial charge in [0.2, 0.25) is 0 Å². The molecule has 0 atom stereocenters. The Hall–Kier alpha value is -0.410. The first-order valence-corrected chi connectivity index (χ1v) is 4.49. The summed E-state index contributed by atoms with van der Waals surface area (Å²) in [4.78, 5) is 5.49. The molecule has 0 aliphatic heterocycles. The van der Waals surface area contributed by atoms with E-state index >= 15 is 0 Å². The molecule has 0 amide bonds. The van der Waals surface area contributed by atoms with Gasteiger partial charge in [-0.05, 0) is 20.8 Å². The number of rotatable bonds is 2. The number of nitrogens with two attached hydrogens (primary N) is 1. The zero-order valence-corrected chi connectivity index (χ0v) is 8.03. The number of hydrogen-bond acceptors (Lipinski definition) is 3. The number of aryl methyl sites for hydroxylation is 1. The van der Waals surface area contributed by atoms with E-state index in [-0.39, 0.29) is 5.54 Å². The molecule has 0 fully saturated rings. The van der Waals surface area contributed by atoms with Crippen LogP contribution in [0.15, 0.2) is 6.20 Å². The quantitative estimate of drug-likeness (QED) is 0.734. The molecule has 1 aromatic rings. The fraction of sp³-hybridized carbons (Fsp3) is 0.625. The maximum Gasteiger partial charge on any atom is 0.0945 e. The molecule has 2 nitrogen and oxygen atoms in total. The smallest absolute Gasteiger partial charge is 0.0945 e. The lowest BCUT2D eigenvalue weighted by Gasteiger charge is -2.15. The molecule has 0 saturated carbocycles. The molecule has 1 rings (SSSR count). The molecule has 1 aromatic heterocycles. The predicted molar refractivity (Wildman–Crippen MR) is 48.8 cm³/mol. The first-order chi connectivity index (χ1) is 4.97. The van der Waals surface area contributed by atoms with Crippen molar-refractivity contribution in [3.05, 3.63) is 16.1 Å². The van der Waals surface area contributed by atoms with Crippen molar-refractivity contribution >= 4 is 11.3 Å². The van der Waals surface area contributed by atoms with E-state index in [1.54, 1.807) is 11.3 Å². The minimum Gasteiger partial charge on any atom is -0.325 e. The van der Waals surface area contributed by atoms with Crippen LogP contribution in [0.2, 0.25) is 0 Å². The molecule has 11 heavy (non-hydrogen) atoms. The molecule has 62 valence electrons. The summed E-state index contributed by atoms with van der Waals surface area (Å²) in [6.45, 7) is 6.10. The van der Waals surface area contributed by atoms with Crippen LogP contribution in [-0.4, -0.2) is 10.5 Å². The molecule has 0 radical (unpaired) electrons. The van der Waals surface area contributed by atoms with E-state index in [4.69, 9.17) is 5.73 Å². The lowest BCUT2D eigenvalue weighted by Crippen LogP contribution is -2.34. The van der Waals surface area contributed by atoms with Gasteiger partial charge in [-0.1, -0.05) is 0 Å². The van der Waals surface area contributed by atoms with Crippen molar-refractivity contribution in [2.75, 3.05) is 0 Å². The molecular weight excluding hydrogens is 156 g/mol.